The number of hydrogen-bond donors (Lipinski definition) is 3. The third-order valence-electron chi connectivity index (χ3n) is 4.94. The molecule has 0 bridgehead atoms. The molecule has 0 radical (unpaired) electrons. The van der Waals surface area contributed by atoms with Crippen LogP contribution < -0.4 is 16.2 Å². The molecule has 0 saturated carbocycles. The average Bonchev–Trinajstić information content (AvgIpc) is 2.77. The Balaban J connectivity index is 1.61. The predicted molar refractivity (Wildman–Crippen MR) is 122 cm³/mol. The number of aryl methyl sites for hydroxylation is 2. The molecule has 7 heteroatoms. The highest BCUT2D eigenvalue weighted by molar-refractivity contribution is 6.01. The van der Waals surface area contributed by atoms with Crippen LogP contribution in [0.5, 0.6) is 0 Å². The molecule has 0 fully saturated rings. The van der Waals surface area contributed by atoms with Crippen LogP contribution in [0.15, 0.2) is 77.6 Å². The Morgan fingerprint density at radius 2 is 1.58 bits per heavy atom. The highest BCUT2D eigenvalue weighted by Gasteiger charge is 2.14. The minimum Gasteiger partial charge on any atom is -0.308 e. The molecular weight excluding hydrogens is 390 g/mol. The Hall–Kier alpha value is -4.26. The van der Waals surface area contributed by atoms with Crippen LogP contribution in [0.3, 0.4) is 0 Å². The van der Waals surface area contributed by atoms with Crippen LogP contribution in [0.1, 0.15) is 11.1 Å². The molecule has 31 heavy (non-hydrogen) atoms. The summed E-state index contributed by atoms with van der Waals surface area (Å²) in [6, 6.07) is 21.5. The van der Waals surface area contributed by atoms with Crippen LogP contribution in [-0.2, 0) is 0 Å². The lowest BCUT2D eigenvalue weighted by Crippen LogP contribution is -2.20. The van der Waals surface area contributed by atoms with E-state index >= 15 is 0 Å². The van der Waals surface area contributed by atoms with E-state index in [1.807, 2.05) is 50.2 Å². The number of benzene rings is 3. The van der Waals surface area contributed by atoms with Gasteiger partial charge in [0.05, 0.1) is 5.69 Å². The number of urea groups is 1. The molecule has 154 valence electrons. The summed E-state index contributed by atoms with van der Waals surface area (Å²) in [6.45, 7) is 3.99. The van der Waals surface area contributed by atoms with Crippen LogP contribution in [-0.4, -0.2) is 21.2 Å². The highest BCUT2D eigenvalue weighted by atomic mass is 16.2. The smallest absolute Gasteiger partial charge is 0.308 e. The number of rotatable bonds is 4. The zero-order valence-corrected chi connectivity index (χ0v) is 17.1. The summed E-state index contributed by atoms with van der Waals surface area (Å²) >= 11 is 0. The number of para-hydroxylation sites is 2. The van der Waals surface area contributed by atoms with Crippen molar-refractivity contribution >= 4 is 17.4 Å². The lowest BCUT2D eigenvalue weighted by molar-refractivity contribution is 0.262. The van der Waals surface area contributed by atoms with Gasteiger partial charge >= 0.3 is 6.03 Å². The van der Waals surface area contributed by atoms with Gasteiger partial charge in [0, 0.05) is 16.8 Å². The van der Waals surface area contributed by atoms with Gasteiger partial charge in [0.1, 0.15) is 0 Å². The van der Waals surface area contributed by atoms with E-state index in [1.165, 1.54) is 0 Å². The molecule has 1 heterocycles. The SMILES string of the molecule is Cc1ccc(-c2nnc(-c3ccccc3NC(=O)Nc3ccccc3)[nH]c2=O)cc1C. The zero-order chi connectivity index (χ0) is 21.8. The van der Waals surface area contributed by atoms with Crippen molar-refractivity contribution in [1.82, 2.24) is 15.2 Å². The molecule has 1 aromatic heterocycles. The number of aromatic nitrogens is 3. The van der Waals surface area contributed by atoms with Crippen molar-refractivity contribution in [3.63, 3.8) is 0 Å². The molecule has 2 amide bonds. The maximum absolute atomic E-state index is 12.7. The van der Waals surface area contributed by atoms with E-state index in [2.05, 4.69) is 25.8 Å². The normalized spacial score (nSPS) is 10.5. The Labute approximate surface area is 179 Å². The Bertz CT molecular complexity index is 1300. The van der Waals surface area contributed by atoms with E-state index < -0.39 is 6.03 Å². The molecule has 4 aromatic rings. The van der Waals surface area contributed by atoms with E-state index in [-0.39, 0.29) is 17.1 Å². The topological polar surface area (TPSA) is 99.8 Å². The molecule has 0 unspecified atom stereocenters. The van der Waals surface area contributed by atoms with Crippen molar-refractivity contribution < 1.29 is 4.79 Å². The van der Waals surface area contributed by atoms with Crippen molar-refractivity contribution in [1.29, 1.82) is 0 Å². The van der Waals surface area contributed by atoms with E-state index in [1.54, 1.807) is 36.4 Å². The van der Waals surface area contributed by atoms with Gasteiger partial charge in [-0.05, 0) is 55.3 Å². The summed E-state index contributed by atoms with van der Waals surface area (Å²) in [5.41, 5.74) is 4.54. The van der Waals surface area contributed by atoms with Crippen LogP contribution in [0, 0.1) is 13.8 Å². The second-order valence-corrected chi connectivity index (χ2v) is 7.14. The summed E-state index contributed by atoms with van der Waals surface area (Å²) in [4.78, 5) is 27.9. The third-order valence-corrected chi connectivity index (χ3v) is 4.94. The molecular formula is C24H21N5O2. The number of hydrogen-bond acceptors (Lipinski definition) is 4. The first-order valence-corrected chi connectivity index (χ1v) is 9.78. The number of carbonyl (C=O) groups is 1. The number of H-pyrrole nitrogens is 1. The summed E-state index contributed by atoms with van der Waals surface area (Å²) in [5.74, 6) is 0.271. The number of aromatic amines is 1. The van der Waals surface area contributed by atoms with Gasteiger partial charge in [0.25, 0.3) is 5.56 Å². The molecule has 3 N–H and O–H groups in total. The monoisotopic (exact) mass is 411 g/mol. The number of nitrogens with one attached hydrogen (secondary N) is 3. The number of nitrogens with zero attached hydrogens (tertiary/aromatic N) is 2. The van der Waals surface area contributed by atoms with E-state index in [4.69, 9.17) is 0 Å². The molecule has 0 aliphatic rings. The van der Waals surface area contributed by atoms with Crippen LogP contribution in [0.4, 0.5) is 16.2 Å². The standard InChI is InChI=1S/C24H21N5O2/c1-15-12-13-17(14-16(15)2)21-23(30)27-22(29-28-21)19-10-6-7-11-20(19)26-24(31)25-18-8-4-3-5-9-18/h3-14H,1-2H3,(H2,25,26,31)(H,27,29,30). The second-order valence-electron chi connectivity index (χ2n) is 7.14. The van der Waals surface area contributed by atoms with Crippen molar-refractivity contribution in [3.8, 4) is 22.6 Å². The van der Waals surface area contributed by atoms with Crippen molar-refractivity contribution in [2.75, 3.05) is 10.6 Å². The average molecular weight is 411 g/mol. The van der Waals surface area contributed by atoms with Gasteiger partial charge in [-0.1, -0.05) is 42.5 Å². The van der Waals surface area contributed by atoms with Crippen molar-refractivity contribution in [2.45, 2.75) is 13.8 Å². The Morgan fingerprint density at radius 1 is 0.839 bits per heavy atom. The van der Waals surface area contributed by atoms with E-state index in [0.29, 0.717) is 22.5 Å². The zero-order valence-electron chi connectivity index (χ0n) is 17.1. The Kier molecular flexibility index (Phi) is 5.57. The van der Waals surface area contributed by atoms with Gasteiger partial charge in [-0.2, -0.15) is 0 Å². The predicted octanol–water partition coefficient (Wildman–Crippen LogP) is 4.76. The number of amides is 2. The number of anilines is 2. The molecule has 0 aliphatic heterocycles. The lowest BCUT2D eigenvalue weighted by Gasteiger charge is -2.11. The quantitative estimate of drug-likeness (QED) is 0.451. The summed E-state index contributed by atoms with van der Waals surface area (Å²) in [5, 5.41) is 13.9. The summed E-state index contributed by atoms with van der Waals surface area (Å²) in [6.07, 6.45) is 0. The summed E-state index contributed by atoms with van der Waals surface area (Å²) < 4.78 is 0. The van der Waals surface area contributed by atoms with Gasteiger partial charge in [0.2, 0.25) is 0 Å². The molecule has 3 aromatic carbocycles. The maximum Gasteiger partial charge on any atom is 0.323 e. The van der Waals surface area contributed by atoms with Crippen LogP contribution in [0.2, 0.25) is 0 Å². The fraction of sp³-hybridized carbons (Fsp3) is 0.0833. The first-order valence-electron chi connectivity index (χ1n) is 9.78. The fourth-order valence-electron chi connectivity index (χ4n) is 3.14. The molecule has 7 nitrogen and oxygen atoms in total. The number of carbonyl (C=O) groups excluding carboxylic acids is 1. The van der Waals surface area contributed by atoms with Crippen molar-refractivity contribution in [2.24, 2.45) is 0 Å². The minimum absolute atomic E-state index is 0.249. The van der Waals surface area contributed by atoms with Crippen molar-refractivity contribution in [3.05, 3.63) is 94.3 Å². The molecule has 0 spiro atoms. The van der Waals surface area contributed by atoms with Gasteiger partial charge in [-0.3, -0.25) is 4.79 Å². The molecule has 0 saturated heterocycles. The van der Waals surface area contributed by atoms with E-state index in [9.17, 15) is 9.59 Å². The lowest BCUT2D eigenvalue weighted by atomic mass is 10.0. The van der Waals surface area contributed by atoms with Gasteiger partial charge < -0.3 is 15.6 Å². The minimum atomic E-state index is -0.402. The van der Waals surface area contributed by atoms with Gasteiger partial charge in [-0.15, -0.1) is 10.2 Å². The maximum atomic E-state index is 12.7. The molecule has 0 aliphatic carbocycles. The highest BCUT2D eigenvalue weighted by Crippen LogP contribution is 2.25. The fourth-order valence-corrected chi connectivity index (χ4v) is 3.14. The van der Waals surface area contributed by atoms with Gasteiger partial charge in [0.15, 0.2) is 11.5 Å². The first kappa shape index (κ1) is 20.0. The Morgan fingerprint density at radius 3 is 2.32 bits per heavy atom. The second kappa shape index (κ2) is 8.62. The first-order chi connectivity index (χ1) is 15.0. The third kappa shape index (κ3) is 4.51. The largest absolute Gasteiger partial charge is 0.323 e. The summed E-state index contributed by atoms with van der Waals surface area (Å²) in [7, 11) is 0. The van der Waals surface area contributed by atoms with E-state index in [0.717, 1.165) is 11.1 Å². The van der Waals surface area contributed by atoms with Crippen LogP contribution in [0.25, 0.3) is 22.6 Å². The van der Waals surface area contributed by atoms with Crippen LogP contribution >= 0.6 is 0 Å². The molecule has 4 rings (SSSR count). The molecule has 0 atom stereocenters. The van der Waals surface area contributed by atoms with Gasteiger partial charge in [-0.25, -0.2) is 4.79 Å².